The topological polar surface area (TPSA) is 150 Å². The Kier molecular flexibility index (Phi) is 5.11. The summed E-state index contributed by atoms with van der Waals surface area (Å²) in [5, 5.41) is 22.0. The number of halogens is 3. The van der Waals surface area contributed by atoms with E-state index in [4.69, 9.17) is 16.2 Å². The monoisotopic (exact) mass is 492 g/mol. The fourth-order valence-corrected chi connectivity index (χ4v) is 5.42. The van der Waals surface area contributed by atoms with Crippen molar-refractivity contribution in [3.05, 3.63) is 47.5 Å². The summed E-state index contributed by atoms with van der Waals surface area (Å²) in [5.74, 6) is -1.86. The van der Waals surface area contributed by atoms with Crippen molar-refractivity contribution in [3.63, 3.8) is 0 Å². The molecule has 35 heavy (non-hydrogen) atoms. The molecule has 1 fully saturated rings. The number of hydroxylamine groups is 2. The number of rotatable bonds is 3. The number of aliphatic imine (C=N–C) groups is 2. The van der Waals surface area contributed by atoms with Crippen LogP contribution < -0.4 is 11.5 Å². The smallest absolute Gasteiger partial charge is 0.416 e. The van der Waals surface area contributed by atoms with E-state index in [1.165, 1.54) is 11.0 Å². The zero-order chi connectivity index (χ0) is 25.3. The number of hydrogen-bond donors (Lipinski definition) is 4. The zero-order valence-corrected chi connectivity index (χ0v) is 18.5. The summed E-state index contributed by atoms with van der Waals surface area (Å²) in [4.78, 5) is 23.2. The third kappa shape index (κ3) is 3.22. The Labute approximate surface area is 197 Å². The van der Waals surface area contributed by atoms with Crippen LogP contribution in [-0.2, 0) is 10.9 Å². The van der Waals surface area contributed by atoms with E-state index in [2.05, 4.69) is 9.98 Å². The highest BCUT2D eigenvalue weighted by molar-refractivity contribution is 6.05. The van der Waals surface area contributed by atoms with Crippen LogP contribution in [0, 0.1) is 5.92 Å². The number of carbonyl (C=O) groups is 1. The molecule has 1 spiro atoms. The van der Waals surface area contributed by atoms with Crippen molar-refractivity contribution in [2.45, 2.75) is 37.0 Å². The van der Waals surface area contributed by atoms with Crippen molar-refractivity contribution in [2.24, 2.45) is 27.4 Å². The van der Waals surface area contributed by atoms with E-state index in [0.29, 0.717) is 5.39 Å². The number of alkyl halides is 3. The first-order valence-electron chi connectivity index (χ1n) is 10.8. The first-order valence-corrected chi connectivity index (χ1v) is 10.8. The van der Waals surface area contributed by atoms with Gasteiger partial charge in [0.2, 0.25) is 5.96 Å². The van der Waals surface area contributed by atoms with E-state index in [1.54, 1.807) is 25.1 Å². The maximum Gasteiger partial charge on any atom is 0.416 e. The Morgan fingerprint density at radius 1 is 1.23 bits per heavy atom. The molecule has 0 radical (unpaired) electrons. The van der Waals surface area contributed by atoms with Gasteiger partial charge in [-0.25, -0.2) is 14.8 Å². The standard InChI is InChI=1S/C22H23F3N6O4/c1-10-16(8-30-19(26)28-15(9-32)17-21(10,30)31(34)20(27)29-17)35-18(33)14-7-12(22(23,24)25)6-11-4-2-3-5-13(11)14/h2-7,10,15-17,32,34H,8-9H2,1H3,(H2,26,28)(H2,27,29). The summed E-state index contributed by atoms with van der Waals surface area (Å²) in [6, 6.07) is 6.34. The average molecular weight is 492 g/mol. The maximum absolute atomic E-state index is 13.5. The molecular weight excluding hydrogens is 469 g/mol. The van der Waals surface area contributed by atoms with Gasteiger partial charge in [-0.05, 0) is 22.9 Å². The molecule has 1 saturated heterocycles. The van der Waals surface area contributed by atoms with Gasteiger partial charge in [0.05, 0.1) is 24.3 Å². The number of nitrogens with two attached hydrogens (primary N) is 2. The van der Waals surface area contributed by atoms with Crippen molar-refractivity contribution >= 4 is 28.7 Å². The van der Waals surface area contributed by atoms with Gasteiger partial charge >= 0.3 is 12.1 Å². The van der Waals surface area contributed by atoms with Crippen LogP contribution in [0.3, 0.4) is 0 Å². The normalized spacial score (nSPS) is 30.1. The molecule has 2 aromatic carbocycles. The highest BCUT2D eigenvalue weighted by Gasteiger charge is 2.68. The largest absolute Gasteiger partial charge is 0.456 e. The molecule has 0 bridgehead atoms. The van der Waals surface area contributed by atoms with E-state index >= 15 is 0 Å². The molecule has 6 N–H and O–H groups in total. The van der Waals surface area contributed by atoms with Gasteiger partial charge < -0.3 is 26.2 Å². The van der Waals surface area contributed by atoms with Crippen molar-refractivity contribution < 1.29 is 33.0 Å². The lowest BCUT2D eigenvalue weighted by Gasteiger charge is -2.48. The van der Waals surface area contributed by atoms with Crippen LogP contribution >= 0.6 is 0 Å². The van der Waals surface area contributed by atoms with Gasteiger partial charge in [0, 0.05) is 5.92 Å². The second-order valence-electron chi connectivity index (χ2n) is 8.85. The molecular formula is C22H23F3N6O4. The van der Waals surface area contributed by atoms with Gasteiger partial charge in [-0.2, -0.15) is 18.2 Å². The Balaban J connectivity index is 1.52. The molecule has 186 valence electrons. The molecule has 0 aromatic heterocycles. The molecule has 3 aliphatic rings. The molecule has 0 aliphatic carbocycles. The van der Waals surface area contributed by atoms with Crippen LogP contribution in [0.5, 0.6) is 0 Å². The van der Waals surface area contributed by atoms with Crippen molar-refractivity contribution in [1.29, 1.82) is 0 Å². The predicted octanol–water partition coefficient (Wildman–Crippen LogP) is 1.11. The Morgan fingerprint density at radius 2 is 1.94 bits per heavy atom. The summed E-state index contributed by atoms with van der Waals surface area (Å²) in [7, 11) is 0. The van der Waals surface area contributed by atoms with Gasteiger partial charge in [0.25, 0.3) is 0 Å². The predicted molar refractivity (Wildman–Crippen MR) is 118 cm³/mol. The molecule has 10 nitrogen and oxygen atoms in total. The van der Waals surface area contributed by atoms with Crippen LogP contribution in [0.15, 0.2) is 46.4 Å². The van der Waals surface area contributed by atoms with Gasteiger partial charge in [0.15, 0.2) is 11.6 Å². The van der Waals surface area contributed by atoms with Gasteiger partial charge in [-0.15, -0.1) is 0 Å². The average Bonchev–Trinajstić information content (AvgIpc) is 3.26. The van der Waals surface area contributed by atoms with Crippen LogP contribution in [0.2, 0.25) is 0 Å². The number of nitrogens with zero attached hydrogens (tertiary/aromatic N) is 4. The summed E-state index contributed by atoms with van der Waals surface area (Å²) >= 11 is 0. The summed E-state index contributed by atoms with van der Waals surface area (Å²) in [6.07, 6.45) is -5.58. The quantitative estimate of drug-likeness (QED) is 0.466. The second-order valence-corrected chi connectivity index (χ2v) is 8.85. The number of aliphatic hydroxyl groups excluding tert-OH is 1. The first kappa shape index (κ1) is 23.2. The van der Waals surface area contributed by atoms with Gasteiger partial charge in [-0.3, -0.25) is 5.21 Å². The maximum atomic E-state index is 13.5. The van der Waals surface area contributed by atoms with Crippen LogP contribution in [0.1, 0.15) is 22.8 Å². The van der Waals surface area contributed by atoms with E-state index in [1.807, 2.05) is 0 Å². The number of aliphatic hydroxyl groups is 1. The Bertz CT molecular complexity index is 1270. The summed E-state index contributed by atoms with van der Waals surface area (Å²) < 4.78 is 46.2. The second kappa shape index (κ2) is 7.71. The van der Waals surface area contributed by atoms with E-state index in [9.17, 15) is 28.3 Å². The number of ether oxygens (including phenoxy) is 1. The fraction of sp³-hybridized carbons (Fsp3) is 0.409. The molecule has 5 atom stereocenters. The minimum Gasteiger partial charge on any atom is -0.456 e. The minimum atomic E-state index is -4.66. The molecule has 13 heteroatoms. The Hall–Kier alpha value is -3.58. The molecule has 2 aromatic rings. The van der Waals surface area contributed by atoms with Crippen LogP contribution in [0.25, 0.3) is 10.8 Å². The first-order chi connectivity index (χ1) is 16.5. The lowest BCUT2D eigenvalue weighted by molar-refractivity contribution is -0.170. The van der Waals surface area contributed by atoms with Crippen molar-refractivity contribution in [2.75, 3.05) is 13.2 Å². The zero-order valence-electron chi connectivity index (χ0n) is 18.5. The van der Waals surface area contributed by atoms with Crippen LogP contribution in [-0.4, -0.2) is 75.2 Å². The van der Waals surface area contributed by atoms with Crippen molar-refractivity contribution in [3.8, 4) is 0 Å². The highest BCUT2D eigenvalue weighted by atomic mass is 19.4. The van der Waals surface area contributed by atoms with Gasteiger partial charge in [0.1, 0.15) is 18.2 Å². The van der Waals surface area contributed by atoms with Crippen LogP contribution in [0.4, 0.5) is 13.2 Å². The SMILES string of the molecule is CC1C(OC(=O)c2cc(C(F)(F)F)cc3ccccc23)CN2C(N)=NC(CO)C3N=C(N)N(O)C132. The number of fused-ring (bicyclic) bond motifs is 1. The minimum absolute atomic E-state index is 0.0147. The molecule has 5 unspecified atom stereocenters. The van der Waals surface area contributed by atoms with Gasteiger partial charge in [-0.1, -0.05) is 31.2 Å². The lowest BCUT2D eigenvalue weighted by atomic mass is 9.83. The lowest BCUT2D eigenvalue weighted by Crippen LogP contribution is -2.71. The molecule has 3 aliphatic heterocycles. The number of carbonyl (C=O) groups excluding carboxylic acids is 1. The highest BCUT2D eigenvalue weighted by Crippen LogP contribution is 2.48. The third-order valence-electron chi connectivity index (χ3n) is 7.08. The summed E-state index contributed by atoms with van der Waals surface area (Å²) in [5.41, 5.74) is 9.41. The van der Waals surface area contributed by atoms with Crippen molar-refractivity contribution in [1.82, 2.24) is 9.96 Å². The number of benzene rings is 2. The molecule has 5 rings (SSSR count). The number of esters is 1. The Morgan fingerprint density at radius 3 is 2.63 bits per heavy atom. The van der Waals surface area contributed by atoms with E-state index < -0.39 is 54.1 Å². The number of guanidine groups is 2. The molecule has 0 amide bonds. The molecule has 0 saturated carbocycles. The molecule has 3 heterocycles. The third-order valence-corrected chi connectivity index (χ3v) is 7.08. The number of hydrogen-bond acceptors (Lipinski definition) is 10. The fourth-order valence-electron chi connectivity index (χ4n) is 5.42. The van der Waals surface area contributed by atoms with E-state index in [-0.39, 0.29) is 29.4 Å². The summed E-state index contributed by atoms with van der Waals surface area (Å²) in [6.45, 7) is 1.24. The van der Waals surface area contributed by atoms with E-state index in [0.717, 1.165) is 17.2 Å².